The highest BCUT2D eigenvalue weighted by atomic mass is 16.6. The van der Waals surface area contributed by atoms with E-state index in [1.165, 1.54) is 0 Å². The second kappa shape index (κ2) is 4.75. The molecule has 0 aromatic carbocycles. The summed E-state index contributed by atoms with van der Waals surface area (Å²) in [6.07, 6.45) is 2.60. The van der Waals surface area contributed by atoms with E-state index < -0.39 is 23.4 Å². The van der Waals surface area contributed by atoms with Gasteiger partial charge in [0.05, 0.1) is 6.61 Å². The SMILES string of the molecule is CC(C)(C)OC(=O)NC1(C(=O)O)CC=CCO1. The van der Waals surface area contributed by atoms with E-state index in [0.29, 0.717) is 0 Å². The number of carbonyl (C=O) groups is 2. The van der Waals surface area contributed by atoms with Gasteiger partial charge in [-0.15, -0.1) is 0 Å². The molecule has 0 aliphatic carbocycles. The Hall–Kier alpha value is -1.56. The van der Waals surface area contributed by atoms with E-state index in [0.717, 1.165) is 0 Å². The van der Waals surface area contributed by atoms with Crippen LogP contribution in [0.15, 0.2) is 12.2 Å². The van der Waals surface area contributed by atoms with E-state index in [-0.39, 0.29) is 13.0 Å². The van der Waals surface area contributed by atoms with E-state index in [2.05, 4.69) is 5.32 Å². The smallest absolute Gasteiger partial charge is 0.410 e. The fraction of sp³-hybridized carbons (Fsp3) is 0.636. The van der Waals surface area contributed by atoms with Crippen LogP contribution < -0.4 is 5.32 Å². The highest BCUT2D eigenvalue weighted by Crippen LogP contribution is 2.19. The Balaban J connectivity index is 2.71. The molecular weight excluding hydrogens is 226 g/mol. The predicted octanol–water partition coefficient (Wildman–Crippen LogP) is 1.27. The summed E-state index contributed by atoms with van der Waals surface area (Å²) in [5.74, 6) is -1.24. The van der Waals surface area contributed by atoms with Crippen molar-refractivity contribution in [3.63, 3.8) is 0 Å². The lowest BCUT2D eigenvalue weighted by molar-refractivity contribution is -0.169. The summed E-state index contributed by atoms with van der Waals surface area (Å²) >= 11 is 0. The molecule has 0 radical (unpaired) electrons. The molecule has 0 spiro atoms. The molecule has 0 fully saturated rings. The predicted molar refractivity (Wildman–Crippen MR) is 59.4 cm³/mol. The number of hydrogen-bond acceptors (Lipinski definition) is 4. The number of nitrogens with one attached hydrogen (secondary N) is 1. The number of aliphatic carboxylic acids is 1. The van der Waals surface area contributed by atoms with Crippen LogP contribution in [0, 0.1) is 0 Å². The summed E-state index contributed by atoms with van der Waals surface area (Å²) in [5.41, 5.74) is -2.41. The van der Waals surface area contributed by atoms with Gasteiger partial charge in [-0.25, -0.2) is 9.59 Å². The summed E-state index contributed by atoms with van der Waals surface area (Å²) < 4.78 is 10.1. The molecule has 1 unspecified atom stereocenters. The van der Waals surface area contributed by atoms with E-state index in [1.807, 2.05) is 0 Å². The molecule has 1 aliphatic heterocycles. The summed E-state index contributed by atoms with van der Waals surface area (Å²) in [6, 6.07) is 0. The second-order valence-corrected chi connectivity index (χ2v) is 4.75. The normalized spacial score (nSPS) is 24.2. The Morgan fingerprint density at radius 1 is 1.41 bits per heavy atom. The molecule has 0 saturated heterocycles. The largest absolute Gasteiger partial charge is 0.478 e. The fourth-order valence-corrected chi connectivity index (χ4v) is 1.32. The van der Waals surface area contributed by atoms with Gasteiger partial charge in [-0.1, -0.05) is 12.2 Å². The Kier molecular flexibility index (Phi) is 3.77. The maximum Gasteiger partial charge on any atom is 0.410 e. The molecule has 0 saturated carbocycles. The Morgan fingerprint density at radius 2 is 2.06 bits per heavy atom. The van der Waals surface area contributed by atoms with E-state index >= 15 is 0 Å². The number of carboxylic acid groups (broad SMARTS) is 1. The highest BCUT2D eigenvalue weighted by Gasteiger charge is 2.42. The standard InChI is InChI=1S/C11H17NO5/c1-10(2,3)17-9(15)12-11(8(13)14)6-4-5-7-16-11/h4-5H,6-7H2,1-3H3,(H,12,15)(H,13,14). The minimum atomic E-state index is -1.73. The zero-order chi connectivity index (χ0) is 13.1. The lowest BCUT2D eigenvalue weighted by Gasteiger charge is -2.32. The molecule has 6 heteroatoms. The van der Waals surface area contributed by atoms with Gasteiger partial charge < -0.3 is 14.6 Å². The van der Waals surface area contributed by atoms with Gasteiger partial charge in [0.2, 0.25) is 5.72 Å². The maximum atomic E-state index is 11.5. The molecule has 17 heavy (non-hydrogen) atoms. The quantitative estimate of drug-likeness (QED) is 0.713. The van der Waals surface area contributed by atoms with Crippen LogP contribution in [0.25, 0.3) is 0 Å². The van der Waals surface area contributed by atoms with E-state index in [4.69, 9.17) is 14.6 Å². The molecule has 1 heterocycles. The van der Waals surface area contributed by atoms with Crippen LogP contribution in [0.5, 0.6) is 0 Å². The van der Waals surface area contributed by atoms with Crippen LogP contribution in [-0.4, -0.2) is 35.1 Å². The van der Waals surface area contributed by atoms with Crippen molar-refractivity contribution in [3.05, 3.63) is 12.2 Å². The first kappa shape index (κ1) is 13.5. The van der Waals surface area contributed by atoms with Crippen molar-refractivity contribution in [2.24, 2.45) is 0 Å². The van der Waals surface area contributed by atoms with E-state index in [1.54, 1.807) is 32.9 Å². The van der Waals surface area contributed by atoms with Gasteiger partial charge in [0.25, 0.3) is 0 Å². The van der Waals surface area contributed by atoms with Crippen LogP contribution in [0.4, 0.5) is 4.79 Å². The Morgan fingerprint density at radius 3 is 2.47 bits per heavy atom. The third-order valence-electron chi connectivity index (χ3n) is 2.05. The summed E-state index contributed by atoms with van der Waals surface area (Å²) in [5, 5.41) is 11.4. The van der Waals surface area contributed by atoms with Crippen LogP contribution in [0.2, 0.25) is 0 Å². The first-order valence-electron chi connectivity index (χ1n) is 5.29. The van der Waals surface area contributed by atoms with Crippen molar-refractivity contribution in [1.82, 2.24) is 5.32 Å². The molecule has 1 rings (SSSR count). The molecule has 0 bridgehead atoms. The van der Waals surface area contributed by atoms with Gasteiger partial charge in [0.1, 0.15) is 5.60 Å². The zero-order valence-corrected chi connectivity index (χ0v) is 10.1. The lowest BCUT2D eigenvalue weighted by atomic mass is 10.1. The number of alkyl carbamates (subject to hydrolysis) is 1. The summed E-state index contributed by atoms with van der Waals surface area (Å²) in [6.45, 7) is 5.23. The minimum Gasteiger partial charge on any atom is -0.478 e. The Bertz CT molecular complexity index is 344. The number of carboxylic acids is 1. The van der Waals surface area contributed by atoms with Crippen molar-refractivity contribution in [1.29, 1.82) is 0 Å². The Labute approximate surface area is 99.6 Å². The van der Waals surface area contributed by atoms with Crippen LogP contribution in [0.3, 0.4) is 0 Å². The summed E-state index contributed by atoms with van der Waals surface area (Å²) in [7, 11) is 0. The first-order valence-corrected chi connectivity index (χ1v) is 5.29. The summed E-state index contributed by atoms with van der Waals surface area (Å²) in [4.78, 5) is 22.7. The molecule has 1 aliphatic rings. The first-order chi connectivity index (χ1) is 7.75. The molecule has 0 aromatic heterocycles. The molecule has 1 atom stereocenters. The van der Waals surface area contributed by atoms with Crippen LogP contribution >= 0.6 is 0 Å². The molecule has 96 valence electrons. The third-order valence-corrected chi connectivity index (χ3v) is 2.05. The van der Waals surface area contributed by atoms with Crippen molar-refractivity contribution >= 4 is 12.1 Å². The molecule has 1 amide bonds. The van der Waals surface area contributed by atoms with Gasteiger partial charge in [-0.3, -0.25) is 5.32 Å². The molecule has 0 aromatic rings. The van der Waals surface area contributed by atoms with Crippen molar-refractivity contribution in [2.45, 2.75) is 38.5 Å². The van der Waals surface area contributed by atoms with Gasteiger partial charge in [0.15, 0.2) is 0 Å². The monoisotopic (exact) mass is 243 g/mol. The number of amides is 1. The average Bonchev–Trinajstić information content (AvgIpc) is 2.15. The van der Waals surface area contributed by atoms with Crippen molar-refractivity contribution < 1.29 is 24.2 Å². The minimum absolute atomic E-state index is 0.0710. The lowest BCUT2D eigenvalue weighted by Crippen LogP contribution is -2.58. The second-order valence-electron chi connectivity index (χ2n) is 4.75. The molecule has 6 nitrogen and oxygen atoms in total. The van der Waals surface area contributed by atoms with Gasteiger partial charge in [-0.2, -0.15) is 0 Å². The number of carbonyl (C=O) groups excluding carboxylic acids is 1. The van der Waals surface area contributed by atoms with E-state index in [9.17, 15) is 9.59 Å². The van der Waals surface area contributed by atoms with Gasteiger partial charge in [0, 0.05) is 6.42 Å². The number of ether oxygens (including phenoxy) is 2. The molecular formula is C11H17NO5. The van der Waals surface area contributed by atoms with Gasteiger partial charge in [-0.05, 0) is 20.8 Å². The average molecular weight is 243 g/mol. The topological polar surface area (TPSA) is 84.9 Å². The third kappa shape index (κ3) is 3.74. The van der Waals surface area contributed by atoms with Gasteiger partial charge >= 0.3 is 12.1 Å². The zero-order valence-electron chi connectivity index (χ0n) is 10.1. The number of hydrogen-bond donors (Lipinski definition) is 2. The maximum absolute atomic E-state index is 11.5. The van der Waals surface area contributed by atoms with Crippen molar-refractivity contribution in [3.8, 4) is 0 Å². The highest BCUT2D eigenvalue weighted by molar-refractivity contribution is 5.83. The number of rotatable bonds is 2. The fourth-order valence-electron chi connectivity index (χ4n) is 1.32. The van der Waals surface area contributed by atoms with Crippen LogP contribution in [0.1, 0.15) is 27.2 Å². The van der Waals surface area contributed by atoms with Crippen LogP contribution in [-0.2, 0) is 14.3 Å². The van der Waals surface area contributed by atoms with Crippen molar-refractivity contribution in [2.75, 3.05) is 6.61 Å². The molecule has 2 N–H and O–H groups in total.